The first-order valence-corrected chi connectivity index (χ1v) is 11.4. The third kappa shape index (κ3) is 4.22. The van der Waals surface area contributed by atoms with Gasteiger partial charge in [0.05, 0.1) is 11.4 Å². The third-order valence-electron chi connectivity index (χ3n) is 7.00. The average molecular weight is 417 g/mol. The molecule has 0 unspecified atom stereocenters. The smallest absolute Gasteiger partial charge is 0.0619 e. The molecule has 0 aromatic heterocycles. The van der Waals surface area contributed by atoms with Gasteiger partial charge in [0.2, 0.25) is 0 Å². The van der Waals surface area contributed by atoms with E-state index in [9.17, 15) is 0 Å². The minimum atomic E-state index is 0.116. The largest absolute Gasteiger partial charge is 0.376 e. The van der Waals surface area contributed by atoms with E-state index < -0.39 is 0 Å². The Hall–Kier alpha value is -2.72. The predicted octanol–water partition coefficient (Wildman–Crippen LogP) is 5.52. The SMILES string of the molecule is C=CNc1cc(CCCN2CCC3(CC2)C(=C)Nc2ccc(C)cc23)ccc1N(C)C. The summed E-state index contributed by atoms with van der Waals surface area (Å²) in [6, 6.07) is 13.5. The summed E-state index contributed by atoms with van der Waals surface area (Å²) in [5.74, 6) is 0. The summed E-state index contributed by atoms with van der Waals surface area (Å²) in [6.45, 7) is 13.8. The van der Waals surface area contributed by atoms with Crippen LogP contribution in [-0.2, 0) is 11.8 Å². The molecule has 4 heteroatoms. The van der Waals surface area contributed by atoms with Crippen molar-refractivity contribution in [2.24, 2.45) is 0 Å². The molecule has 1 spiro atoms. The molecule has 2 aliphatic heterocycles. The molecule has 0 saturated carbocycles. The molecular weight excluding hydrogens is 380 g/mol. The fourth-order valence-corrected chi connectivity index (χ4v) is 5.20. The summed E-state index contributed by atoms with van der Waals surface area (Å²) in [5.41, 5.74) is 9.05. The van der Waals surface area contributed by atoms with Crippen LogP contribution in [0.5, 0.6) is 0 Å². The monoisotopic (exact) mass is 416 g/mol. The summed E-state index contributed by atoms with van der Waals surface area (Å²) in [4.78, 5) is 4.76. The van der Waals surface area contributed by atoms with Gasteiger partial charge in [0, 0.05) is 30.9 Å². The molecule has 2 aromatic rings. The first-order chi connectivity index (χ1) is 14.9. The lowest BCUT2D eigenvalue weighted by Crippen LogP contribution is -2.43. The van der Waals surface area contributed by atoms with Crippen LogP contribution in [0.3, 0.4) is 0 Å². The van der Waals surface area contributed by atoms with Crippen LogP contribution in [-0.4, -0.2) is 38.6 Å². The Labute approximate surface area is 187 Å². The lowest BCUT2D eigenvalue weighted by Gasteiger charge is -2.40. The summed E-state index contributed by atoms with van der Waals surface area (Å²) in [6.07, 6.45) is 6.33. The number of aryl methyl sites for hydroxylation is 2. The van der Waals surface area contributed by atoms with E-state index in [0.29, 0.717) is 0 Å². The molecule has 2 aliphatic rings. The van der Waals surface area contributed by atoms with E-state index in [1.165, 1.54) is 40.2 Å². The Morgan fingerprint density at radius 2 is 1.94 bits per heavy atom. The van der Waals surface area contributed by atoms with E-state index in [2.05, 4.69) is 91.0 Å². The van der Waals surface area contributed by atoms with Crippen LogP contribution in [0.4, 0.5) is 17.1 Å². The van der Waals surface area contributed by atoms with Gasteiger partial charge in [0.25, 0.3) is 0 Å². The molecule has 0 radical (unpaired) electrons. The molecule has 31 heavy (non-hydrogen) atoms. The van der Waals surface area contributed by atoms with Crippen molar-refractivity contribution in [1.82, 2.24) is 4.90 Å². The number of nitrogens with one attached hydrogen (secondary N) is 2. The summed E-state index contributed by atoms with van der Waals surface area (Å²) in [5, 5.41) is 6.84. The summed E-state index contributed by atoms with van der Waals surface area (Å²) >= 11 is 0. The van der Waals surface area contributed by atoms with E-state index in [4.69, 9.17) is 0 Å². The minimum Gasteiger partial charge on any atom is -0.376 e. The average Bonchev–Trinajstić information content (AvgIpc) is 3.01. The van der Waals surface area contributed by atoms with Gasteiger partial charge in [-0.15, -0.1) is 0 Å². The maximum atomic E-state index is 4.40. The van der Waals surface area contributed by atoms with Gasteiger partial charge in [-0.3, -0.25) is 0 Å². The first-order valence-electron chi connectivity index (χ1n) is 11.4. The maximum absolute atomic E-state index is 4.40. The number of hydrogen-bond donors (Lipinski definition) is 2. The number of piperidine rings is 1. The fourth-order valence-electron chi connectivity index (χ4n) is 5.20. The number of nitrogens with zero attached hydrogens (tertiary/aromatic N) is 2. The van der Waals surface area contributed by atoms with Crippen molar-refractivity contribution in [2.45, 2.75) is 38.0 Å². The molecule has 2 aromatic carbocycles. The number of hydrogen-bond acceptors (Lipinski definition) is 4. The Morgan fingerprint density at radius 1 is 1.16 bits per heavy atom. The Morgan fingerprint density at radius 3 is 2.65 bits per heavy atom. The molecule has 164 valence electrons. The van der Waals surface area contributed by atoms with E-state index in [-0.39, 0.29) is 5.41 Å². The van der Waals surface area contributed by atoms with Crippen molar-refractivity contribution in [3.8, 4) is 0 Å². The highest BCUT2D eigenvalue weighted by Crippen LogP contribution is 2.49. The van der Waals surface area contributed by atoms with Crippen molar-refractivity contribution in [3.05, 3.63) is 78.1 Å². The number of rotatable bonds is 7. The van der Waals surface area contributed by atoms with Gasteiger partial charge in [-0.05, 0) is 87.8 Å². The standard InChI is InChI=1S/C27H36N4/c1-6-28-25-19-22(10-12-26(25)30(4)5)8-7-15-31-16-13-27(14-17-31)21(3)29-24-11-9-20(2)18-23(24)27/h6,9-12,18-19,28-29H,1,3,7-8,13-17H2,2,4-5H3. The molecule has 0 amide bonds. The summed E-state index contributed by atoms with van der Waals surface area (Å²) in [7, 11) is 4.14. The van der Waals surface area contributed by atoms with Gasteiger partial charge in [-0.1, -0.05) is 36.9 Å². The molecule has 4 nitrogen and oxygen atoms in total. The second kappa shape index (κ2) is 8.80. The zero-order chi connectivity index (χ0) is 22.0. The molecule has 0 aliphatic carbocycles. The quantitative estimate of drug-likeness (QED) is 0.622. The van der Waals surface area contributed by atoms with E-state index in [1.54, 1.807) is 6.20 Å². The highest BCUT2D eigenvalue weighted by Gasteiger charge is 2.44. The second-order valence-electron chi connectivity index (χ2n) is 9.27. The molecular formula is C27H36N4. The highest BCUT2D eigenvalue weighted by molar-refractivity contribution is 5.71. The molecule has 1 saturated heterocycles. The van der Waals surface area contributed by atoms with Gasteiger partial charge in [0.15, 0.2) is 0 Å². The zero-order valence-electron chi connectivity index (χ0n) is 19.3. The highest BCUT2D eigenvalue weighted by atomic mass is 15.1. The van der Waals surface area contributed by atoms with Gasteiger partial charge in [-0.25, -0.2) is 0 Å². The van der Waals surface area contributed by atoms with Crippen molar-refractivity contribution in [3.63, 3.8) is 0 Å². The number of likely N-dealkylation sites (tertiary alicyclic amines) is 1. The first kappa shape index (κ1) is 21.5. The van der Waals surface area contributed by atoms with Crippen LogP contribution in [0.2, 0.25) is 0 Å². The van der Waals surface area contributed by atoms with Gasteiger partial charge in [0.1, 0.15) is 0 Å². The third-order valence-corrected chi connectivity index (χ3v) is 7.00. The molecule has 2 N–H and O–H groups in total. The molecule has 4 rings (SSSR count). The van der Waals surface area contributed by atoms with Crippen LogP contribution < -0.4 is 15.5 Å². The number of anilines is 3. The van der Waals surface area contributed by atoms with Gasteiger partial charge >= 0.3 is 0 Å². The zero-order valence-corrected chi connectivity index (χ0v) is 19.3. The van der Waals surface area contributed by atoms with E-state index in [1.807, 2.05) is 0 Å². The van der Waals surface area contributed by atoms with Crippen molar-refractivity contribution < 1.29 is 0 Å². The van der Waals surface area contributed by atoms with E-state index >= 15 is 0 Å². The number of fused-ring (bicyclic) bond motifs is 2. The lowest BCUT2D eigenvalue weighted by molar-refractivity contribution is 0.179. The van der Waals surface area contributed by atoms with Gasteiger partial charge < -0.3 is 20.4 Å². The van der Waals surface area contributed by atoms with Crippen molar-refractivity contribution in [2.75, 3.05) is 49.3 Å². The summed E-state index contributed by atoms with van der Waals surface area (Å²) < 4.78 is 0. The topological polar surface area (TPSA) is 30.5 Å². The number of allylic oxidation sites excluding steroid dienone is 1. The number of benzene rings is 2. The molecule has 0 atom stereocenters. The molecule has 0 bridgehead atoms. The van der Waals surface area contributed by atoms with Crippen LogP contribution in [0.25, 0.3) is 0 Å². The second-order valence-corrected chi connectivity index (χ2v) is 9.27. The normalized spacial score (nSPS) is 17.3. The van der Waals surface area contributed by atoms with Crippen LogP contribution in [0.1, 0.15) is 36.0 Å². The van der Waals surface area contributed by atoms with Crippen molar-refractivity contribution in [1.29, 1.82) is 0 Å². The van der Waals surface area contributed by atoms with Crippen LogP contribution in [0, 0.1) is 6.92 Å². The maximum Gasteiger partial charge on any atom is 0.0619 e. The fraction of sp³-hybridized carbons (Fsp3) is 0.407. The Balaban J connectivity index is 1.34. The lowest BCUT2D eigenvalue weighted by atomic mass is 9.72. The van der Waals surface area contributed by atoms with E-state index in [0.717, 1.165) is 44.6 Å². The minimum absolute atomic E-state index is 0.116. The molecule has 2 heterocycles. The Bertz CT molecular complexity index is 967. The predicted molar refractivity (Wildman–Crippen MR) is 134 cm³/mol. The Kier molecular flexibility index (Phi) is 6.10. The van der Waals surface area contributed by atoms with Crippen LogP contribution >= 0.6 is 0 Å². The van der Waals surface area contributed by atoms with Crippen molar-refractivity contribution >= 4 is 17.1 Å². The molecule has 1 fully saturated rings. The van der Waals surface area contributed by atoms with Crippen LogP contribution in [0.15, 0.2) is 61.5 Å². The van der Waals surface area contributed by atoms with Gasteiger partial charge in [-0.2, -0.15) is 0 Å².